The van der Waals surface area contributed by atoms with Gasteiger partial charge in [-0.2, -0.15) is 5.10 Å². The van der Waals surface area contributed by atoms with Crippen LogP contribution in [0.15, 0.2) is 71.4 Å². The number of aryl methyl sites for hydroxylation is 1. The maximum atomic E-state index is 4.48. The molecule has 0 radical (unpaired) electrons. The van der Waals surface area contributed by atoms with Gasteiger partial charge < -0.3 is 4.98 Å². The van der Waals surface area contributed by atoms with Crippen molar-refractivity contribution in [3.63, 3.8) is 0 Å². The van der Waals surface area contributed by atoms with Gasteiger partial charge in [0.1, 0.15) is 11.2 Å². The van der Waals surface area contributed by atoms with E-state index in [2.05, 4.69) is 62.0 Å². The number of nitrogens with one attached hydrogen (secondary N) is 2. The number of thiophene rings is 1. The highest BCUT2D eigenvalue weighted by molar-refractivity contribution is 7.17. The first-order valence-corrected chi connectivity index (χ1v) is 9.83. The number of hydrazone groups is 1. The fourth-order valence-corrected chi connectivity index (χ4v) is 4.33. The predicted octanol–water partition coefficient (Wildman–Crippen LogP) is 5.59. The Hall–Kier alpha value is -3.51. The van der Waals surface area contributed by atoms with Gasteiger partial charge in [-0.25, -0.2) is 9.97 Å². The SMILES string of the molecule is Cc1[nH]c2ccccc2c1/C=N/Nc1ncnc2scc(-c3ccccc3)c12. The van der Waals surface area contributed by atoms with Gasteiger partial charge in [0.15, 0.2) is 5.82 Å². The number of aromatic amines is 1. The molecule has 6 heteroatoms. The second-order valence-electron chi connectivity index (χ2n) is 6.50. The minimum absolute atomic E-state index is 0.707. The zero-order valence-corrected chi connectivity index (χ0v) is 16.0. The highest BCUT2D eigenvalue weighted by Gasteiger charge is 2.12. The lowest BCUT2D eigenvalue weighted by Crippen LogP contribution is -1.96. The van der Waals surface area contributed by atoms with E-state index in [1.807, 2.05) is 36.5 Å². The molecule has 3 heterocycles. The van der Waals surface area contributed by atoms with Crippen molar-refractivity contribution < 1.29 is 0 Å². The normalized spacial score (nSPS) is 11.6. The third-order valence-corrected chi connectivity index (χ3v) is 5.65. The fourth-order valence-electron chi connectivity index (χ4n) is 3.41. The van der Waals surface area contributed by atoms with Crippen LogP contribution in [-0.2, 0) is 0 Å². The number of anilines is 1. The van der Waals surface area contributed by atoms with Gasteiger partial charge in [-0.1, -0.05) is 48.5 Å². The molecule has 136 valence electrons. The monoisotopic (exact) mass is 383 g/mol. The topological polar surface area (TPSA) is 66.0 Å². The summed E-state index contributed by atoms with van der Waals surface area (Å²) in [7, 11) is 0. The summed E-state index contributed by atoms with van der Waals surface area (Å²) in [4.78, 5) is 13.2. The van der Waals surface area contributed by atoms with Gasteiger partial charge in [-0.05, 0) is 18.6 Å². The van der Waals surface area contributed by atoms with E-state index >= 15 is 0 Å². The Labute approximate surface area is 165 Å². The molecule has 0 atom stereocenters. The predicted molar refractivity (Wildman–Crippen MR) is 117 cm³/mol. The quantitative estimate of drug-likeness (QED) is 0.314. The van der Waals surface area contributed by atoms with Crippen LogP contribution in [0.2, 0.25) is 0 Å². The zero-order valence-electron chi connectivity index (χ0n) is 15.2. The first-order valence-electron chi connectivity index (χ1n) is 8.95. The van der Waals surface area contributed by atoms with Crippen molar-refractivity contribution in [2.45, 2.75) is 6.92 Å². The summed E-state index contributed by atoms with van der Waals surface area (Å²) in [5.74, 6) is 0.707. The molecule has 0 aliphatic rings. The van der Waals surface area contributed by atoms with Gasteiger partial charge in [0.25, 0.3) is 0 Å². The Balaban J connectivity index is 1.53. The van der Waals surface area contributed by atoms with Crippen LogP contribution in [0.1, 0.15) is 11.3 Å². The van der Waals surface area contributed by atoms with Gasteiger partial charge in [-0.15, -0.1) is 11.3 Å². The summed E-state index contributed by atoms with van der Waals surface area (Å²) < 4.78 is 0. The van der Waals surface area contributed by atoms with Gasteiger partial charge in [-0.3, -0.25) is 5.43 Å². The Bertz CT molecular complexity index is 1300. The summed E-state index contributed by atoms with van der Waals surface area (Å²) >= 11 is 1.61. The number of fused-ring (bicyclic) bond motifs is 2. The number of aromatic nitrogens is 3. The number of nitrogens with zero attached hydrogens (tertiary/aromatic N) is 3. The third kappa shape index (κ3) is 2.84. The van der Waals surface area contributed by atoms with E-state index in [0.717, 1.165) is 43.5 Å². The zero-order chi connectivity index (χ0) is 18.9. The highest BCUT2D eigenvalue weighted by atomic mass is 32.1. The van der Waals surface area contributed by atoms with Crippen LogP contribution in [0.4, 0.5) is 5.82 Å². The van der Waals surface area contributed by atoms with Crippen molar-refractivity contribution in [2.75, 3.05) is 5.43 Å². The molecule has 0 amide bonds. The highest BCUT2D eigenvalue weighted by Crippen LogP contribution is 2.36. The van der Waals surface area contributed by atoms with Crippen LogP contribution in [0.5, 0.6) is 0 Å². The molecule has 0 fully saturated rings. The summed E-state index contributed by atoms with van der Waals surface area (Å²) in [6.07, 6.45) is 3.42. The van der Waals surface area contributed by atoms with Gasteiger partial charge in [0, 0.05) is 33.1 Å². The number of benzene rings is 2. The lowest BCUT2D eigenvalue weighted by atomic mass is 10.1. The second-order valence-corrected chi connectivity index (χ2v) is 7.36. The maximum absolute atomic E-state index is 4.48. The molecule has 3 aromatic heterocycles. The summed E-state index contributed by atoms with van der Waals surface area (Å²) in [6.45, 7) is 2.05. The molecular formula is C22H17N5S. The lowest BCUT2D eigenvalue weighted by Gasteiger charge is -2.04. The van der Waals surface area contributed by atoms with Crippen molar-refractivity contribution in [2.24, 2.45) is 5.10 Å². The van der Waals surface area contributed by atoms with Crippen molar-refractivity contribution in [3.8, 4) is 11.1 Å². The van der Waals surface area contributed by atoms with Gasteiger partial charge in [0.2, 0.25) is 0 Å². The van der Waals surface area contributed by atoms with E-state index < -0.39 is 0 Å². The van der Waals surface area contributed by atoms with Crippen LogP contribution in [0, 0.1) is 6.92 Å². The van der Waals surface area contributed by atoms with Crippen molar-refractivity contribution in [1.82, 2.24) is 15.0 Å². The Morgan fingerprint density at radius 3 is 2.75 bits per heavy atom. The number of rotatable bonds is 4. The van der Waals surface area contributed by atoms with E-state index in [1.165, 1.54) is 0 Å². The van der Waals surface area contributed by atoms with Crippen molar-refractivity contribution in [3.05, 3.63) is 77.6 Å². The first-order chi connectivity index (χ1) is 13.8. The molecule has 0 aliphatic heterocycles. The van der Waals surface area contributed by atoms with E-state index in [0.29, 0.717) is 5.82 Å². The van der Waals surface area contributed by atoms with Crippen molar-refractivity contribution >= 4 is 44.5 Å². The summed E-state index contributed by atoms with van der Waals surface area (Å²) in [5, 5.41) is 8.74. The van der Waals surface area contributed by atoms with Crippen LogP contribution in [-0.4, -0.2) is 21.2 Å². The Morgan fingerprint density at radius 2 is 1.86 bits per heavy atom. The molecule has 5 aromatic rings. The standard InChI is InChI=1S/C22H17N5S/c1-14-17(16-9-5-6-10-19(16)26-14)11-25-27-21-20-18(15-7-3-2-4-8-15)12-28-22(20)24-13-23-21/h2-13,26H,1H3,(H,23,24,27)/b25-11+. The third-order valence-electron chi connectivity index (χ3n) is 4.76. The van der Waals surface area contributed by atoms with Gasteiger partial charge in [0.05, 0.1) is 11.6 Å². The van der Waals surface area contributed by atoms with E-state index in [1.54, 1.807) is 17.7 Å². The molecule has 0 saturated heterocycles. The molecule has 0 saturated carbocycles. The summed E-state index contributed by atoms with van der Waals surface area (Å²) in [6, 6.07) is 18.5. The molecule has 0 spiro atoms. The molecule has 0 bridgehead atoms. The largest absolute Gasteiger partial charge is 0.358 e. The smallest absolute Gasteiger partial charge is 0.159 e. The summed E-state index contributed by atoms with van der Waals surface area (Å²) in [5.41, 5.74) is 8.64. The molecule has 5 nitrogen and oxygen atoms in total. The Kier molecular flexibility index (Phi) is 4.10. The lowest BCUT2D eigenvalue weighted by molar-refractivity contribution is 1.19. The van der Waals surface area contributed by atoms with E-state index in [-0.39, 0.29) is 0 Å². The van der Waals surface area contributed by atoms with Crippen LogP contribution < -0.4 is 5.43 Å². The molecule has 28 heavy (non-hydrogen) atoms. The molecule has 5 rings (SSSR count). The first kappa shape index (κ1) is 16.6. The van der Waals surface area contributed by atoms with Crippen LogP contribution in [0.3, 0.4) is 0 Å². The Morgan fingerprint density at radius 1 is 1.04 bits per heavy atom. The van der Waals surface area contributed by atoms with E-state index in [4.69, 9.17) is 0 Å². The average molecular weight is 383 g/mol. The second kappa shape index (κ2) is 6.90. The minimum Gasteiger partial charge on any atom is -0.358 e. The number of hydrogen-bond acceptors (Lipinski definition) is 5. The fraction of sp³-hybridized carbons (Fsp3) is 0.0455. The molecule has 0 aliphatic carbocycles. The number of H-pyrrole nitrogens is 1. The van der Waals surface area contributed by atoms with Crippen LogP contribution in [0.25, 0.3) is 32.2 Å². The molecule has 2 N–H and O–H groups in total. The number of hydrogen-bond donors (Lipinski definition) is 2. The average Bonchev–Trinajstić information content (AvgIpc) is 3.30. The maximum Gasteiger partial charge on any atom is 0.159 e. The van der Waals surface area contributed by atoms with Crippen LogP contribution >= 0.6 is 11.3 Å². The van der Waals surface area contributed by atoms with Crippen molar-refractivity contribution in [1.29, 1.82) is 0 Å². The molecule has 0 unspecified atom stereocenters. The van der Waals surface area contributed by atoms with Gasteiger partial charge >= 0.3 is 0 Å². The molecule has 2 aromatic carbocycles. The number of para-hydroxylation sites is 1. The minimum atomic E-state index is 0.707. The van der Waals surface area contributed by atoms with E-state index in [9.17, 15) is 0 Å². The molecular weight excluding hydrogens is 366 g/mol.